The summed E-state index contributed by atoms with van der Waals surface area (Å²) in [5.41, 5.74) is 0. The van der Waals surface area contributed by atoms with E-state index in [9.17, 15) is 0 Å². The van der Waals surface area contributed by atoms with E-state index in [0.717, 1.165) is 0 Å². The molecular weight excluding hydrogens is 243 g/mol. The number of rotatable bonds is 10. The van der Waals surface area contributed by atoms with E-state index in [1.54, 1.807) is 0 Å². The summed E-state index contributed by atoms with van der Waals surface area (Å²) in [6, 6.07) is 0. The topological polar surface area (TPSA) is 80.9 Å². The molecule has 4 nitrogen and oxygen atoms in total. The molecule has 18 heavy (non-hydrogen) atoms. The van der Waals surface area contributed by atoms with Gasteiger partial charge >= 0.3 is 103 Å². The Labute approximate surface area is 122 Å². The van der Waals surface area contributed by atoms with E-state index < -0.39 is 9.05 Å². The molecule has 0 bridgehead atoms. The zero-order chi connectivity index (χ0) is 14.3. The zero-order valence-electron chi connectivity index (χ0n) is 12.1. The molecule has 0 aromatic heterocycles. The molecule has 0 aromatic carbocycles. The summed E-state index contributed by atoms with van der Waals surface area (Å²) in [6.07, 6.45) is 14.6. The van der Waals surface area contributed by atoms with E-state index in [1.807, 2.05) is 0 Å². The maximum absolute atomic E-state index is 7.33. The second-order valence-electron chi connectivity index (χ2n) is 4.78. The van der Waals surface area contributed by atoms with Gasteiger partial charge in [-0.1, -0.05) is 0 Å². The molecule has 0 rings (SSSR count). The molecule has 0 saturated carbocycles. The van der Waals surface area contributed by atoms with Gasteiger partial charge in [0.2, 0.25) is 0 Å². The Morgan fingerprint density at radius 1 is 0.667 bits per heavy atom. The van der Waals surface area contributed by atoms with Gasteiger partial charge in [-0.25, -0.2) is 0 Å². The van der Waals surface area contributed by atoms with Crippen LogP contribution in [0.2, 0.25) is 5.09 Å². The minimum absolute atomic E-state index is 1.37. The molecule has 0 amide bonds. The van der Waals surface area contributed by atoms with Gasteiger partial charge in [0.1, 0.15) is 0 Å². The monoisotopic (exact) mass is 272 g/mol. The van der Waals surface area contributed by atoms with Gasteiger partial charge in [0.05, 0.1) is 0 Å². The Hall–Kier alpha value is 0.654. The fourth-order valence-electron chi connectivity index (χ4n) is 1.74. The van der Waals surface area contributed by atoms with E-state index in [4.69, 9.17) is 19.2 Å². The molecule has 0 fully saturated rings. The molecule has 0 atom stereocenters. The Morgan fingerprint density at radius 2 is 0.944 bits per heavy atom. The molecule has 0 radical (unpaired) electrons. The van der Waals surface area contributed by atoms with Crippen LogP contribution in [0.15, 0.2) is 0 Å². The Morgan fingerprint density at radius 3 is 1.22 bits per heavy atom. The molecule has 0 heterocycles. The fourth-order valence-corrected chi connectivity index (χ4v) is 1.74. The van der Waals surface area contributed by atoms with Crippen LogP contribution < -0.4 is 0 Å². The first-order chi connectivity index (χ1) is 8.41. The molecule has 6 heteroatoms. The fraction of sp³-hybridized carbons (Fsp3) is 1.00. The molecule has 0 saturated heterocycles. The zero-order valence-corrected chi connectivity index (χ0v) is 13.1. The van der Waals surface area contributed by atoms with E-state index in [0.29, 0.717) is 0 Å². The Balaban J connectivity index is 0. The Bertz CT molecular complexity index is 138. The number of hydrogen-bond donors (Lipinski definition) is 4. The van der Waals surface area contributed by atoms with Crippen molar-refractivity contribution >= 4 is 26.8 Å². The summed E-state index contributed by atoms with van der Waals surface area (Å²) in [6.45, 7) is 2.28. The SMILES string of the molecule is O[Si](O)(O)O.[Li][CH2]CCCCCCCCCCC. The quantitative estimate of drug-likeness (QED) is 0.361. The van der Waals surface area contributed by atoms with Gasteiger partial charge in [-0.3, -0.25) is 0 Å². The maximum atomic E-state index is 7.33. The van der Waals surface area contributed by atoms with Crippen molar-refractivity contribution in [2.45, 2.75) is 76.2 Å². The second-order valence-corrected chi connectivity index (χ2v) is 5.98. The van der Waals surface area contributed by atoms with Gasteiger partial charge in [0, 0.05) is 0 Å². The van der Waals surface area contributed by atoms with Crippen LogP contribution in [0.5, 0.6) is 0 Å². The normalized spacial score (nSPS) is 11.1. The van der Waals surface area contributed by atoms with Gasteiger partial charge in [-0.15, -0.1) is 0 Å². The number of unbranched alkanes of at least 4 members (excludes halogenated alkanes) is 9. The summed E-state index contributed by atoms with van der Waals surface area (Å²) >= 11 is 2.28. The van der Waals surface area contributed by atoms with Crippen LogP contribution in [0.3, 0.4) is 0 Å². The minimum atomic E-state index is -4.61. The van der Waals surface area contributed by atoms with Gasteiger partial charge < -0.3 is 19.2 Å². The van der Waals surface area contributed by atoms with Gasteiger partial charge in [-0.05, 0) is 0 Å². The molecule has 0 unspecified atom stereocenters. The van der Waals surface area contributed by atoms with E-state index in [2.05, 4.69) is 24.6 Å². The van der Waals surface area contributed by atoms with Crippen molar-refractivity contribution in [1.29, 1.82) is 0 Å². The van der Waals surface area contributed by atoms with Crippen molar-refractivity contribution in [3.05, 3.63) is 0 Å². The average molecular weight is 272 g/mol. The molecule has 0 aliphatic carbocycles. The standard InChI is InChI=1S/C12H25.Li.H4O4Si/c1-3-5-7-9-11-12-10-8-6-4-2;;1-5(2,3)4/h1,3-12H2,2H3;;1-4H. The summed E-state index contributed by atoms with van der Waals surface area (Å²) in [5, 5.41) is 1.37. The molecule has 0 aliphatic heterocycles. The molecule has 0 aliphatic rings. The van der Waals surface area contributed by atoms with Gasteiger partial charge in [-0.2, -0.15) is 0 Å². The van der Waals surface area contributed by atoms with Crippen LogP contribution in [0.4, 0.5) is 0 Å². The second kappa shape index (κ2) is 15.7. The van der Waals surface area contributed by atoms with Crippen LogP contribution in [-0.4, -0.2) is 45.9 Å². The summed E-state index contributed by atoms with van der Waals surface area (Å²) in [5.74, 6) is 0. The van der Waals surface area contributed by atoms with Gasteiger partial charge in [0.15, 0.2) is 0 Å². The van der Waals surface area contributed by atoms with Crippen molar-refractivity contribution in [2.75, 3.05) is 0 Å². The summed E-state index contributed by atoms with van der Waals surface area (Å²) in [4.78, 5) is 29.3. The third-order valence-corrected chi connectivity index (χ3v) is 2.71. The van der Waals surface area contributed by atoms with E-state index in [-0.39, 0.29) is 0 Å². The molecular formula is C12H29LiO4Si. The van der Waals surface area contributed by atoms with Crippen LogP contribution in [-0.2, 0) is 0 Å². The average Bonchev–Trinajstić information content (AvgIpc) is 2.25. The summed E-state index contributed by atoms with van der Waals surface area (Å²) in [7, 11) is -4.61. The molecule has 4 N–H and O–H groups in total. The van der Waals surface area contributed by atoms with Crippen molar-refractivity contribution in [1.82, 2.24) is 0 Å². The summed E-state index contributed by atoms with van der Waals surface area (Å²) < 4.78 is 0. The van der Waals surface area contributed by atoms with Crippen LogP contribution in [0, 0.1) is 0 Å². The first-order valence-corrected chi connectivity index (χ1v) is 9.10. The van der Waals surface area contributed by atoms with Crippen molar-refractivity contribution in [2.24, 2.45) is 0 Å². The van der Waals surface area contributed by atoms with Crippen LogP contribution >= 0.6 is 0 Å². The Kier molecular flexibility index (Phi) is 18.3. The van der Waals surface area contributed by atoms with Gasteiger partial charge in [0.25, 0.3) is 0 Å². The van der Waals surface area contributed by atoms with Crippen LogP contribution in [0.1, 0.15) is 71.1 Å². The van der Waals surface area contributed by atoms with Crippen molar-refractivity contribution in [3.8, 4) is 0 Å². The van der Waals surface area contributed by atoms with E-state index in [1.165, 1.54) is 69.3 Å². The first kappa shape index (κ1) is 21.0. The molecule has 0 aromatic rings. The third kappa shape index (κ3) is 36.0. The predicted molar refractivity (Wildman–Crippen MR) is 77.0 cm³/mol. The molecule has 0 spiro atoms. The third-order valence-electron chi connectivity index (χ3n) is 2.71. The predicted octanol–water partition coefficient (Wildman–Crippen LogP) is 1.89. The number of hydrogen-bond acceptors (Lipinski definition) is 4. The first-order valence-electron chi connectivity index (χ1n) is 7.31. The van der Waals surface area contributed by atoms with Crippen molar-refractivity contribution < 1.29 is 19.2 Å². The van der Waals surface area contributed by atoms with Crippen LogP contribution in [0.25, 0.3) is 0 Å². The molecule has 106 valence electrons. The van der Waals surface area contributed by atoms with Crippen molar-refractivity contribution in [3.63, 3.8) is 0 Å². The van der Waals surface area contributed by atoms with E-state index >= 15 is 0 Å².